The molecule has 16 heteroatoms. The average molecular weight is 884 g/mol. The van der Waals surface area contributed by atoms with Crippen molar-refractivity contribution in [1.29, 1.82) is 0 Å². The number of hydrogen-bond donors (Lipinski definition) is 4. The molecule has 7 rings (SSSR count). The number of amides is 1. The molecule has 3 aromatic carbocycles. The number of aliphatic hydroxyl groups excluding tert-OH is 2. The van der Waals surface area contributed by atoms with Crippen LogP contribution in [0.15, 0.2) is 96.1 Å². The molecule has 2 bridgehead atoms. The lowest BCUT2D eigenvalue weighted by atomic mass is 9.44. The Labute approximate surface area is 369 Å². The van der Waals surface area contributed by atoms with Gasteiger partial charge in [0.25, 0.3) is 5.91 Å². The SMILES string of the molecule is COc1ccc(C(=O)N[C@H](c2ccccc2)[C@@H](O)C(=O)O[C@H]2C[C@@]3(O)[C@@H](OC(=O)c4ccccc4)[C@H]4[C@](C)(C(=O)[C@H](OC(C)=O)C(=C2C)C3(C)C)[C@@H](O)CC2OC[C@]24OC(C)=O)cc1. The molecule has 4 aliphatic rings. The van der Waals surface area contributed by atoms with Crippen LogP contribution < -0.4 is 10.1 Å². The predicted octanol–water partition coefficient (Wildman–Crippen LogP) is 3.74. The number of nitrogens with one attached hydrogen (secondary N) is 1. The van der Waals surface area contributed by atoms with Crippen molar-refractivity contribution >= 4 is 35.6 Å². The third-order valence-corrected chi connectivity index (χ3v) is 13.8. The topological polar surface area (TPSA) is 231 Å². The Morgan fingerprint density at radius 2 is 1.47 bits per heavy atom. The van der Waals surface area contributed by atoms with Crippen LogP contribution in [0.4, 0.5) is 0 Å². The molecule has 16 nitrogen and oxygen atoms in total. The third-order valence-electron chi connectivity index (χ3n) is 13.8. The van der Waals surface area contributed by atoms with Crippen molar-refractivity contribution in [2.24, 2.45) is 16.7 Å². The van der Waals surface area contributed by atoms with E-state index < -0.39 is 113 Å². The van der Waals surface area contributed by atoms with Gasteiger partial charge in [-0.1, -0.05) is 62.4 Å². The first kappa shape index (κ1) is 46.1. The number of ketones is 1. The zero-order valence-corrected chi connectivity index (χ0v) is 36.6. The molecule has 1 unspecified atom stereocenters. The van der Waals surface area contributed by atoms with E-state index >= 15 is 4.79 Å². The van der Waals surface area contributed by atoms with Crippen molar-refractivity contribution in [2.75, 3.05) is 13.7 Å². The molecule has 2 saturated carbocycles. The molecule has 3 aliphatic carbocycles. The summed E-state index contributed by atoms with van der Waals surface area (Å²) in [6, 6.07) is 20.8. The van der Waals surface area contributed by atoms with Crippen molar-refractivity contribution < 1.29 is 72.5 Å². The Morgan fingerprint density at radius 3 is 2.03 bits per heavy atom. The first-order valence-corrected chi connectivity index (χ1v) is 21.0. The van der Waals surface area contributed by atoms with Crippen LogP contribution in [-0.2, 0) is 42.9 Å². The molecular weight excluding hydrogens is 831 g/mol. The van der Waals surface area contributed by atoms with Gasteiger partial charge < -0.3 is 49.1 Å². The molecule has 1 heterocycles. The quantitative estimate of drug-likeness (QED) is 0.122. The molecule has 1 aliphatic heterocycles. The minimum Gasteiger partial charge on any atom is -0.497 e. The largest absolute Gasteiger partial charge is 0.497 e. The smallest absolute Gasteiger partial charge is 0.338 e. The molecule has 3 fully saturated rings. The fourth-order valence-electron chi connectivity index (χ4n) is 10.3. The van der Waals surface area contributed by atoms with E-state index in [4.69, 9.17) is 28.4 Å². The lowest BCUT2D eigenvalue weighted by molar-refractivity contribution is -0.346. The number of aliphatic hydroxyl groups is 3. The maximum Gasteiger partial charge on any atom is 0.338 e. The van der Waals surface area contributed by atoms with E-state index in [9.17, 15) is 39.3 Å². The Balaban J connectivity index is 1.37. The highest BCUT2D eigenvalue weighted by molar-refractivity contribution is 5.96. The van der Waals surface area contributed by atoms with Gasteiger partial charge in [-0.15, -0.1) is 0 Å². The summed E-state index contributed by atoms with van der Waals surface area (Å²) < 4.78 is 35.5. The van der Waals surface area contributed by atoms with E-state index in [2.05, 4.69) is 5.32 Å². The average Bonchev–Trinajstić information content (AvgIpc) is 3.26. The molecule has 1 saturated heterocycles. The molecule has 3 aromatic rings. The number of fused-ring (bicyclic) bond motifs is 5. The summed E-state index contributed by atoms with van der Waals surface area (Å²) in [5.74, 6) is -6.44. The summed E-state index contributed by atoms with van der Waals surface area (Å²) in [4.78, 5) is 83.8. The number of benzene rings is 3. The van der Waals surface area contributed by atoms with Gasteiger partial charge in [0.2, 0.25) is 0 Å². The number of carbonyl (C=O) groups excluding carboxylic acids is 6. The summed E-state index contributed by atoms with van der Waals surface area (Å²) >= 11 is 0. The standard InChI is InChI=1S/C48H53NO15/c1-25-32(62-44(57)37(53)36(28-14-10-8-11-15-28)49-42(55)29-18-20-31(59-7)21-19-29)23-48(58)41(63-43(56)30-16-12-9-13-17-30)39-46(6,33(52)22-34-47(39,24-60-34)64-27(3)51)40(54)38(61-26(2)50)35(25)45(48,4)5/h8-21,32-34,36-39,41,52-53,58H,22-24H2,1-7H3,(H,49,55)/t32-,33-,34?,36+,37+,38+,39-,41-,46+,47-,48+/m0/s1. The second kappa shape index (κ2) is 17.2. The molecule has 1 amide bonds. The van der Waals surface area contributed by atoms with Gasteiger partial charge in [0, 0.05) is 37.7 Å². The van der Waals surface area contributed by atoms with Crippen LogP contribution in [0.2, 0.25) is 0 Å². The summed E-state index contributed by atoms with van der Waals surface area (Å²) in [5.41, 5.74) is -7.17. The maximum absolute atomic E-state index is 15.5. The van der Waals surface area contributed by atoms with Gasteiger partial charge in [0.05, 0.1) is 42.8 Å². The lowest BCUT2D eigenvalue weighted by Gasteiger charge is -2.67. The number of methoxy groups -OCH3 is 1. The second-order valence-corrected chi connectivity index (χ2v) is 17.7. The normalized spacial score (nSPS) is 31.2. The summed E-state index contributed by atoms with van der Waals surface area (Å²) in [5, 5.41) is 40.3. The highest BCUT2D eigenvalue weighted by Crippen LogP contribution is 2.64. The number of ether oxygens (including phenoxy) is 6. The Hall–Kier alpha value is -5.94. The van der Waals surface area contributed by atoms with Crippen LogP contribution in [0.1, 0.15) is 86.7 Å². The van der Waals surface area contributed by atoms with E-state index in [1.54, 1.807) is 74.5 Å². The fourth-order valence-corrected chi connectivity index (χ4v) is 10.3. The zero-order chi connectivity index (χ0) is 46.5. The number of Topliss-reactive ketones (excluding diaryl/α,β-unsaturated/α-hetero) is 1. The van der Waals surface area contributed by atoms with Crippen LogP contribution in [0.5, 0.6) is 5.75 Å². The molecule has 11 atom stereocenters. The van der Waals surface area contributed by atoms with E-state index in [0.717, 1.165) is 13.8 Å². The van der Waals surface area contributed by atoms with Crippen molar-refractivity contribution in [3.8, 4) is 5.75 Å². The van der Waals surface area contributed by atoms with Gasteiger partial charge in [0.15, 0.2) is 23.6 Å². The lowest BCUT2D eigenvalue weighted by Crippen LogP contribution is -2.82. The van der Waals surface area contributed by atoms with E-state index in [0.29, 0.717) is 11.3 Å². The van der Waals surface area contributed by atoms with E-state index in [-0.39, 0.29) is 35.3 Å². The van der Waals surface area contributed by atoms with Crippen LogP contribution in [-0.4, -0.2) is 112 Å². The Bertz CT molecular complexity index is 2350. The first-order valence-electron chi connectivity index (χ1n) is 21.0. The van der Waals surface area contributed by atoms with Crippen LogP contribution >= 0.6 is 0 Å². The number of rotatable bonds is 11. The highest BCUT2D eigenvalue weighted by Gasteiger charge is 2.78. The van der Waals surface area contributed by atoms with Gasteiger partial charge >= 0.3 is 23.9 Å². The maximum atomic E-state index is 15.5. The third kappa shape index (κ3) is 7.65. The second-order valence-electron chi connectivity index (χ2n) is 17.7. The van der Waals surface area contributed by atoms with Crippen molar-refractivity contribution in [3.63, 3.8) is 0 Å². The van der Waals surface area contributed by atoms with Crippen LogP contribution in [0.25, 0.3) is 0 Å². The van der Waals surface area contributed by atoms with Crippen LogP contribution in [0, 0.1) is 16.7 Å². The van der Waals surface area contributed by atoms with Gasteiger partial charge in [-0.2, -0.15) is 0 Å². The Kier molecular flexibility index (Phi) is 12.4. The molecule has 4 N–H and O–H groups in total. The van der Waals surface area contributed by atoms with Gasteiger partial charge in [-0.05, 0) is 67.0 Å². The number of hydrogen-bond acceptors (Lipinski definition) is 15. The van der Waals surface area contributed by atoms with Crippen molar-refractivity contribution in [2.45, 2.75) is 108 Å². The molecule has 64 heavy (non-hydrogen) atoms. The summed E-state index contributed by atoms with van der Waals surface area (Å²) in [7, 11) is 1.48. The predicted molar refractivity (Wildman–Crippen MR) is 224 cm³/mol. The Morgan fingerprint density at radius 1 is 0.844 bits per heavy atom. The van der Waals surface area contributed by atoms with Crippen molar-refractivity contribution in [3.05, 3.63) is 113 Å². The summed E-state index contributed by atoms with van der Waals surface area (Å²) in [6.07, 6.45) is -10.6. The number of esters is 4. The van der Waals surface area contributed by atoms with E-state index in [1.165, 1.54) is 45.2 Å². The first-order chi connectivity index (χ1) is 30.2. The van der Waals surface area contributed by atoms with Crippen molar-refractivity contribution in [1.82, 2.24) is 5.32 Å². The monoisotopic (exact) mass is 883 g/mol. The summed E-state index contributed by atoms with van der Waals surface area (Å²) in [6.45, 7) is 7.94. The van der Waals surface area contributed by atoms with Gasteiger partial charge in [-0.25, -0.2) is 9.59 Å². The molecule has 0 spiro atoms. The van der Waals surface area contributed by atoms with Crippen LogP contribution in [0.3, 0.4) is 0 Å². The van der Waals surface area contributed by atoms with E-state index in [1.807, 2.05) is 0 Å². The van der Waals surface area contributed by atoms with Gasteiger partial charge in [-0.3, -0.25) is 19.2 Å². The zero-order valence-electron chi connectivity index (χ0n) is 36.6. The minimum absolute atomic E-state index is 0.0117. The highest BCUT2D eigenvalue weighted by atomic mass is 16.6. The number of carbonyl (C=O) groups is 6. The molecule has 0 aromatic heterocycles. The van der Waals surface area contributed by atoms with Gasteiger partial charge in [0.1, 0.15) is 29.7 Å². The molecule has 0 radical (unpaired) electrons. The fraction of sp³-hybridized carbons (Fsp3) is 0.458. The molecule has 340 valence electrons. The minimum atomic E-state index is -2.40. The molecular formula is C48H53NO15.